The van der Waals surface area contributed by atoms with Crippen molar-refractivity contribution in [2.75, 3.05) is 0 Å². The Morgan fingerprint density at radius 2 is 1.95 bits per heavy atom. The first-order valence-corrected chi connectivity index (χ1v) is 6.54. The Labute approximate surface area is 113 Å². The van der Waals surface area contributed by atoms with Gasteiger partial charge in [0.25, 0.3) is 0 Å². The third-order valence-electron chi connectivity index (χ3n) is 4.14. The number of hydrogen-bond acceptors (Lipinski definition) is 3. The molecule has 0 saturated carbocycles. The molecule has 0 spiro atoms. The normalized spacial score (nSPS) is 21.7. The van der Waals surface area contributed by atoms with Gasteiger partial charge in [-0.2, -0.15) is 0 Å². The Kier molecular flexibility index (Phi) is 3.20. The van der Waals surface area contributed by atoms with Crippen LogP contribution in [-0.2, 0) is 11.2 Å². The number of primary amides is 1. The summed E-state index contributed by atoms with van der Waals surface area (Å²) in [6.45, 7) is 7.63. The maximum atomic E-state index is 11.2. The van der Waals surface area contributed by atoms with E-state index in [0.717, 1.165) is 40.8 Å². The van der Waals surface area contributed by atoms with Crippen molar-refractivity contribution in [3.05, 3.63) is 22.3 Å². The molecule has 3 N–H and O–H groups in total. The summed E-state index contributed by atoms with van der Waals surface area (Å²) in [5, 5.41) is 10.1. The number of ether oxygens (including phenoxy) is 1. The average molecular weight is 263 g/mol. The second-order valence-electron chi connectivity index (χ2n) is 5.73. The Morgan fingerprint density at radius 3 is 2.53 bits per heavy atom. The predicted molar refractivity (Wildman–Crippen MR) is 73.5 cm³/mol. The van der Waals surface area contributed by atoms with Gasteiger partial charge < -0.3 is 15.6 Å². The second-order valence-corrected chi connectivity index (χ2v) is 5.73. The van der Waals surface area contributed by atoms with Crippen molar-refractivity contribution in [2.45, 2.75) is 52.6 Å². The lowest BCUT2D eigenvalue weighted by molar-refractivity contribution is -0.122. The Bertz CT molecular complexity index is 551. The fourth-order valence-electron chi connectivity index (χ4n) is 2.79. The highest BCUT2D eigenvalue weighted by Crippen LogP contribution is 2.43. The molecule has 0 radical (unpaired) electrons. The van der Waals surface area contributed by atoms with Crippen LogP contribution in [0.3, 0.4) is 0 Å². The van der Waals surface area contributed by atoms with Crippen molar-refractivity contribution in [2.24, 2.45) is 5.73 Å². The molecule has 1 heterocycles. The molecular formula is C15H21NO3. The van der Waals surface area contributed by atoms with E-state index in [4.69, 9.17) is 10.5 Å². The molecule has 4 heteroatoms. The molecule has 1 aromatic carbocycles. The first-order chi connectivity index (χ1) is 8.75. The third-order valence-corrected chi connectivity index (χ3v) is 4.14. The van der Waals surface area contributed by atoms with Gasteiger partial charge in [0.2, 0.25) is 5.91 Å². The van der Waals surface area contributed by atoms with E-state index in [1.807, 2.05) is 27.7 Å². The summed E-state index contributed by atoms with van der Waals surface area (Å²) in [5.41, 5.74) is 8.44. The minimum atomic E-state index is -0.542. The number of fused-ring (bicyclic) bond motifs is 1. The molecule has 1 atom stereocenters. The topological polar surface area (TPSA) is 72.5 Å². The van der Waals surface area contributed by atoms with Gasteiger partial charge in [0.05, 0.1) is 6.42 Å². The number of benzene rings is 1. The summed E-state index contributed by atoms with van der Waals surface area (Å²) >= 11 is 0. The van der Waals surface area contributed by atoms with Gasteiger partial charge in [-0.3, -0.25) is 4.79 Å². The van der Waals surface area contributed by atoms with Gasteiger partial charge in [-0.25, -0.2) is 0 Å². The molecule has 0 aliphatic carbocycles. The van der Waals surface area contributed by atoms with E-state index in [-0.39, 0.29) is 12.3 Å². The molecule has 1 amide bonds. The van der Waals surface area contributed by atoms with E-state index < -0.39 is 5.60 Å². The number of carbonyl (C=O) groups is 1. The van der Waals surface area contributed by atoms with Gasteiger partial charge in [-0.05, 0) is 57.2 Å². The van der Waals surface area contributed by atoms with Crippen LogP contribution in [0.2, 0.25) is 0 Å². The molecule has 0 aromatic heterocycles. The van der Waals surface area contributed by atoms with Gasteiger partial charge in [0.1, 0.15) is 17.1 Å². The predicted octanol–water partition coefficient (Wildman–Crippen LogP) is 2.28. The summed E-state index contributed by atoms with van der Waals surface area (Å²) < 4.78 is 6.07. The number of phenols is 1. The summed E-state index contributed by atoms with van der Waals surface area (Å²) in [7, 11) is 0. The highest BCUT2D eigenvalue weighted by atomic mass is 16.5. The van der Waals surface area contributed by atoms with E-state index in [2.05, 4.69) is 0 Å². The number of rotatable bonds is 2. The lowest BCUT2D eigenvalue weighted by Crippen LogP contribution is -2.40. The first-order valence-electron chi connectivity index (χ1n) is 6.54. The lowest BCUT2D eigenvalue weighted by Gasteiger charge is -2.37. The quantitative estimate of drug-likeness (QED) is 0.859. The summed E-state index contributed by atoms with van der Waals surface area (Å²) in [6, 6.07) is 0. The molecule has 4 nitrogen and oxygen atoms in total. The largest absolute Gasteiger partial charge is 0.507 e. The molecule has 19 heavy (non-hydrogen) atoms. The van der Waals surface area contributed by atoms with Gasteiger partial charge in [-0.1, -0.05) is 0 Å². The molecule has 2 rings (SSSR count). The zero-order chi connectivity index (χ0) is 14.4. The van der Waals surface area contributed by atoms with E-state index in [0.29, 0.717) is 5.75 Å². The molecular weight excluding hydrogens is 242 g/mol. The molecule has 1 aliphatic heterocycles. The monoisotopic (exact) mass is 263 g/mol. The van der Waals surface area contributed by atoms with E-state index in [9.17, 15) is 9.90 Å². The fourth-order valence-corrected chi connectivity index (χ4v) is 2.79. The Morgan fingerprint density at radius 1 is 1.32 bits per heavy atom. The SMILES string of the molecule is Cc1c(C)c2c(c(C)c1O)CCC(C)(CC(N)=O)O2. The Hall–Kier alpha value is -1.71. The zero-order valence-corrected chi connectivity index (χ0v) is 12.0. The highest BCUT2D eigenvalue weighted by Gasteiger charge is 2.35. The van der Waals surface area contributed by atoms with Crippen molar-refractivity contribution in [3.8, 4) is 11.5 Å². The summed E-state index contributed by atoms with van der Waals surface area (Å²) in [5.74, 6) is 0.803. The summed E-state index contributed by atoms with van der Waals surface area (Å²) in [4.78, 5) is 11.2. The standard InChI is InChI=1S/C15H21NO3/c1-8-9(2)14-11(10(3)13(8)18)5-6-15(4,19-14)7-12(16)17/h18H,5-7H2,1-4H3,(H2,16,17). The Balaban J connectivity index is 2.49. The average Bonchev–Trinajstić information content (AvgIpc) is 2.32. The highest BCUT2D eigenvalue weighted by molar-refractivity contribution is 5.75. The van der Waals surface area contributed by atoms with Crippen LogP contribution in [0.15, 0.2) is 0 Å². The van der Waals surface area contributed by atoms with Crippen molar-refractivity contribution < 1.29 is 14.6 Å². The van der Waals surface area contributed by atoms with Crippen LogP contribution in [0.5, 0.6) is 11.5 Å². The minimum absolute atomic E-state index is 0.213. The molecule has 0 fully saturated rings. The second kappa shape index (κ2) is 4.44. The molecule has 1 aliphatic rings. The number of aromatic hydroxyl groups is 1. The molecule has 0 saturated heterocycles. The van der Waals surface area contributed by atoms with Crippen molar-refractivity contribution >= 4 is 5.91 Å². The summed E-state index contributed by atoms with van der Waals surface area (Å²) in [6.07, 6.45) is 1.73. The molecule has 0 bridgehead atoms. The number of amides is 1. The van der Waals surface area contributed by atoms with Crippen LogP contribution in [0.1, 0.15) is 42.0 Å². The van der Waals surface area contributed by atoms with Gasteiger partial charge in [0, 0.05) is 5.56 Å². The lowest BCUT2D eigenvalue weighted by atomic mass is 9.85. The number of hydrogen-bond donors (Lipinski definition) is 2. The van der Waals surface area contributed by atoms with E-state index >= 15 is 0 Å². The van der Waals surface area contributed by atoms with Gasteiger partial charge in [0.15, 0.2) is 0 Å². The van der Waals surface area contributed by atoms with E-state index in [1.165, 1.54) is 0 Å². The van der Waals surface area contributed by atoms with Crippen LogP contribution in [0.4, 0.5) is 0 Å². The minimum Gasteiger partial charge on any atom is -0.507 e. The van der Waals surface area contributed by atoms with Crippen LogP contribution >= 0.6 is 0 Å². The van der Waals surface area contributed by atoms with Crippen molar-refractivity contribution in [1.29, 1.82) is 0 Å². The van der Waals surface area contributed by atoms with Crippen LogP contribution < -0.4 is 10.5 Å². The van der Waals surface area contributed by atoms with Crippen molar-refractivity contribution in [1.82, 2.24) is 0 Å². The number of phenolic OH excluding ortho intramolecular Hbond substituents is 1. The van der Waals surface area contributed by atoms with E-state index in [1.54, 1.807) is 0 Å². The van der Waals surface area contributed by atoms with Crippen LogP contribution in [0, 0.1) is 20.8 Å². The molecule has 1 unspecified atom stereocenters. The maximum absolute atomic E-state index is 11.2. The molecule has 1 aromatic rings. The fraction of sp³-hybridized carbons (Fsp3) is 0.533. The number of carbonyl (C=O) groups excluding carboxylic acids is 1. The van der Waals surface area contributed by atoms with Crippen LogP contribution in [0.25, 0.3) is 0 Å². The maximum Gasteiger partial charge on any atom is 0.221 e. The molecule has 104 valence electrons. The van der Waals surface area contributed by atoms with Gasteiger partial charge >= 0.3 is 0 Å². The van der Waals surface area contributed by atoms with Gasteiger partial charge in [-0.15, -0.1) is 0 Å². The van der Waals surface area contributed by atoms with Crippen molar-refractivity contribution in [3.63, 3.8) is 0 Å². The third kappa shape index (κ3) is 2.27. The number of nitrogens with two attached hydrogens (primary N) is 1. The first kappa shape index (κ1) is 13.7. The van der Waals surface area contributed by atoms with Crippen LogP contribution in [-0.4, -0.2) is 16.6 Å². The zero-order valence-electron chi connectivity index (χ0n) is 12.0. The smallest absolute Gasteiger partial charge is 0.221 e.